The van der Waals surface area contributed by atoms with Crippen LogP contribution in [-0.4, -0.2) is 20.2 Å². The average molecular weight is 207 g/mol. The van der Waals surface area contributed by atoms with Crippen molar-refractivity contribution in [3.05, 3.63) is 34.2 Å². The van der Waals surface area contributed by atoms with Crippen LogP contribution >= 0.6 is 0 Å². The molecule has 0 saturated heterocycles. The van der Waals surface area contributed by atoms with E-state index in [1.54, 1.807) is 12.1 Å². The van der Waals surface area contributed by atoms with Crippen LogP contribution in [0.1, 0.15) is 10.4 Å². The molecule has 0 aliphatic rings. The van der Waals surface area contributed by atoms with Crippen LogP contribution in [0.5, 0.6) is 5.75 Å². The predicted molar refractivity (Wildman–Crippen MR) is 53.1 cm³/mol. The third-order valence-electron chi connectivity index (χ3n) is 1.77. The Kier molecular flexibility index (Phi) is 3.54. The number of nitrogens with zero attached hydrogens (tertiary/aromatic N) is 3. The predicted octanol–water partition coefficient (Wildman–Crippen LogP) is 2.42. The summed E-state index contributed by atoms with van der Waals surface area (Å²) in [4.78, 5) is 13.9. The van der Waals surface area contributed by atoms with Crippen molar-refractivity contribution in [2.75, 3.05) is 14.2 Å². The molecule has 1 rings (SSSR count). The third-order valence-corrected chi connectivity index (χ3v) is 1.77. The average Bonchev–Trinajstić information content (AvgIpc) is 2.28. The SMILES string of the molecule is COC(=O)c1cccc(OC)c1N=[N+]=[N-]. The van der Waals surface area contributed by atoms with Crippen LogP contribution in [0.15, 0.2) is 23.3 Å². The largest absolute Gasteiger partial charge is 0.496 e. The van der Waals surface area contributed by atoms with Gasteiger partial charge in [0.1, 0.15) is 5.75 Å². The molecule has 0 aromatic heterocycles. The summed E-state index contributed by atoms with van der Waals surface area (Å²) in [6.45, 7) is 0. The smallest absolute Gasteiger partial charge is 0.338 e. The Bertz CT molecular complexity index is 425. The number of esters is 1. The number of methoxy groups -OCH3 is 2. The van der Waals surface area contributed by atoms with E-state index in [4.69, 9.17) is 10.3 Å². The summed E-state index contributed by atoms with van der Waals surface area (Å²) < 4.78 is 9.51. The maximum absolute atomic E-state index is 11.3. The fraction of sp³-hybridized carbons (Fsp3) is 0.222. The van der Waals surface area contributed by atoms with Crippen molar-refractivity contribution in [2.24, 2.45) is 5.11 Å². The van der Waals surface area contributed by atoms with Gasteiger partial charge in [0.2, 0.25) is 0 Å². The lowest BCUT2D eigenvalue weighted by atomic mass is 10.1. The molecule has 0 unspecified atom stereocenters. The zero-order valence-corrected chi connectivity index (χ0v) is 8.30. The quantitative estimate of drug-likeness (QED) is 0.330. The van der Waals surface area contributed by atoms with Crippen LogP contribution in [-0.2, 0) is 4.74 Å². The second-order valence-corrected chi connectivity index (χ2v) is 2.54. The standard InChI is InChI=1S/C9H9N3O3/c1-14-7-5-3-4-6(9(13)15-2)8(7)11-12-10/h3-5H,1-2H3. The van der Waals surface area contributed by atoms with Crippen LogP contribution in [0.3, 0.4) is 0 Å². The number of hydrogen-bond donors (Lipinski definition) is 0. The molecule has 0 fully saturated rings. The lowest BCUT2D eigenvalue weighted by Gasteiger charge is -2.07. The number of ether oxygens (including phenoxy) is 2. The van der Waals surface area contributed by atoms with Gasteiger partial charge in [0.05, 0.1) is 25.5 Å². The van der Waals surface area contributed by atoms with Crippen molar-refractivity contribution in [2.45, 2.75) is 0 Å². The first-order valence-electron chi connectivity index (χ1n) is 4.05. The highest BCUT2D eigenvalue weighted by Crippen LogP contribution is 2.31. The van der Waals surface area contributed by atoms with Gasteiger partial charge in [0.15, 0.2) is 0 Å². The number of azide groups is 1. The van der Waals surface area contributed by atoms with E-state index in [1.165, 1.54) is 20.3 Å². The molecule has 15 heavy (non-hydrogen) atoms. The van der Waals surface area contributed by atoms with Gasteiger partial charge in [-0.3, -0.25) is 0 Å². The Hall–Kier alpha value is -2.20. The molecule has 0 aliphatic heterocycles. The van der Waals surface area contributed by atoms with Gasteiger partial charge in [-0.25, -0.2) is 4.79 Å². The summed E-state index contributed by atoms with van der Waals surface area (Å²) in [5, 5.41) is 3.40. The maximum Gasteiger partial charge on any atom is 0.338 e. The summed E-state index contributed by atoms with van der Waals surface area (Å²) in [5.74, 6) is -0.244. The molecule has 6 heteroatoms. The second-order valence-electron chi connectivity index (χ2n) is 2.54. The van der Waals surface area contributed by atoms with Crippen molar-refractivity contribution >= 4 is 11.7 Å². The topological polar surface area (TPSA) is 84.3 Å². The molecule has 0 atom stereocenters. The van der Waals surface area contributed by atoms with E-state index >= 15 is 0 Å². The summed E-state index contributed by atoms with van der Waals surface area (Å²) in [7, 11) is 2.68. The molecular formula is C9H9N3O3. The van der Waals surface area contributed by atoms with E-state index in [0.717, 1.165) is 0 Å². The van der Waals surface area contributed by atoms with E-state index in [0.29, 0.717) is 5.75 Å². The molecule has 78 valence electrons. The van der Waals surface area contributed by atoms with Crippen LogP contribution in [0.2, 0.25) is 0 Å². The molecule has 0 amide bonds. The minimum absolute atomic E-state index is 0.134. The maximum atomic E-state index is 11.3. The van der Waals surface area contributed by atoms with Gasteiger partial charge in [-0.1, -0.05) is 11.2 Å². The van der Waals surface area contributed by atoms with Gasteiger partial charge in [-0.2, -0.15) is 0 Å². The van der Waals surface area contributed by atoms with Crippen molar-refractivity contribution in [1.29, 1.82) is 0 Å². The number of benzene rings is 1. The fourth-order valence-electron chi connectivity index (χ4n) is 1.11. The zero-order chi connectivity index (χ0) is 11.3. The van der Waals surface area contributed by atoms with E-state index in [9.17, 15) is 4.79 Å². The van der Waals surface area contributed by atoms with Gasteiger partial charge in [-0.15, -0.1) is 0 Å². The van der Waals surface area contributed by atoms with Gasteiger partial charge in [-0.05, 0) is 17.7 Å². The van der Waals surface area contributed by atoms with E-state index in [-0.39, 0.29) is 11.3 Å². The summed E-state index contributed by atoms with van der Waals surface area (Å²) >= 11 is 0. The Balaban J connectivity index is 3.37. The highest BCUT2D eigenvalue weighted by molar-refractivity contribution is 5.96. The number of hydrogen-bond acceptors (Lipinski definition) is 4. The molecule has 0 radical (unpaired) electrons. The van der Waals surface area contributed by atoms with Crippen molar-refractivity contribution < 1.29 is 14.3 Å². The summed E-state index contributed by atoms with van der Waals surface area (Å²) in [6.07, 6.45) is 0. The van der Waals surface area contributed by atoms with E-state index in [1.807, 2.05) is 0 Å². The minimum atomic E-state index is -0.573. The van der Waals surface area contributed by atoms with Gasteiger partial charge in [0, 0.05) is 4.91 Å². The van der Waals surface area contributed by atoms with Gasteiger partial charge in [0.25, 0.3) is 0 Å². The number of carbonyl (C=O) groups excluding carboxylic acids is 1. The summed E-state index contributed by atoms with van der Waals surface area (Å²) in [5.41, 5.74) is 8.68. The van der Waals surface area contributed by atoms with Crippen LogP contribution in [0.4, 0.5) is 5.69 Å². The van der Waals surface area contributed by atoms with Gasteiger partial charge < -0.3 is 9.47 Å². The molecule has 1 aromatic carbocycles. The van der Waals surface area contributed by atoms with E-state index in [2.05, 4.69) is 14.8 Å². The molecule has 0 aliphatic carbocycles. The number of rotatable bonds is 3. The molecule has 0 saturated carbocycles. The number of carbonyl (C=O) groups is 1. The third kappa shape index (κ3) is 2.18. The highest BCUT2D eigenvalue weighted by atomic mass is 16.5. The molecule has 0 spiro atoms. The lowest BCUT2D eigenvalue weighted by Crippen LogP contribution is -2.02. The molecule has 0 bridgehead atoms. The minimum Gasteiger partial charge on any atom is -0.496 e. The Morgan fingerprint density at radius 1 is 1.47 bits per heavy atom. The lowest BCUT2D eigenvalue weighted by molar-refractivity contribution is 0.0601. The fourth-order valence-corrected chi connectivity index (χ4v) is 1.11. The van der Waals surface area contributed by atoms with Crippen LogP contribution < -0.4 is 4.74 Å². The van der Waals surface area contributed by atoms with Gasteiger partial charge >= 0.3 is 5.97 Å². The first kappa shape index (κ1) is 10.9. The molecule has 0 heterocycles. The molecule has 1 aromatic rings. The van der Waals surface area contributed by atoms with Crippen LogP contribution in [0, 0.1) is 0 Å². The second kappa shape index (κ2) is 4.88. The zero-order valence-electron chi connectivity index (χ0n) is 8.30. The van der Waals surface area contributed by atoms with Crippen molar-refractivity contribution in [1.82, 2.24) is 0 Å². The molecular weight excluding hydrogens is 198 g/mol. The first-order chi connectivity index (χ1) is 7.24. The monoisotopic (exact) mass is 207 g/mol. The highest BCUT2D eigenvalue weighted by Gasteiger charge is 2.14. The summed E-state index contributed by atoms with van der Waals surface area (Å²) in [6, 6.07) is 4.70. The van der Waals surface area contributed by atoms with Crippen molar-refractivity contribution in [3.63, 3.8) is 0 Å². The normalized spacial score (nSPS) is 8.93. The Morgan fingerprint density at radius 3 is 2.73 bits per heavy atom. The van der Waals surface area contributed by atoms with Crippen LogP contribution in [0.25, 0.3) is 10.4 Å². The molecule has 0 N–H and O–H groups in total. The van der Waals surface area contributed by atoms with E-state index < -0.39 is 5.97 Å². The molecule has 6 nitrogen and oxygen atoms in total. The Morgan fingerprint density at radius 2 is 2.20 bits per heavy atom. The van der Waals surface area contributed by atoms with Crippen molar-refractivity contribution in [3.8, 4) is 5.75 Å². The Labute approximate surface area is 86.0 Å². The first-order valence-corrected chi connectivity index (χ1v) is 4.05.